The van der Waals surface area contributed by atoms with E-state index in [1.165, 1.54) is 12.1 Å². The van der Waals surface area contributed by atoms with Crippen LogP contribution in [-0.4, -0.2) is 18.4 Å². The topological polar surface area (TPSA) is 58.2 Å². The molecule has 1 aliphatic heterocycles. The molecule has 5 heteroatoms. The number of carbonyl (C=O) groups excluding carboxylic acids is 2. The van der Waals surface area contributed by atoms with Gasteiger partial charge in [-0.2, -0.15) is 0 Å². The van der Waals surface area contributed by atoms with Gasteiger partial charge in [0.05, 0.1) is 6.04 Å². The number of nitrogens with one attached hydrogen (secondary N) is 2. The van der Waals surface area contributed by atoms with E-state index < -0.39 is 11.8 Å². The van der Waals surface area contributed by atoms with Crippen molar-refractivity contribution in [3.63, 3.8) is 0 Å². The van der Waals surface area contributed by atoms with Crippen LogP contribution in [0.4, 0.5) is 4.39 Å². The Morgan fingerprint density at radius 1 is 1.13 bits per heavy atom. The number of amides is 2. The van der Waals surface area contributed by atoms with Gasteiger partial charge in [0, 0.05) is 6.54 Å². The molecule has 2 rings (SSSR count). The lowest BCUT2D eigenvalue weighted by atomic mass is 10.1. The third kappa shape index (κ3) is 1.96. The Bertz CT molecular complexity index is 402. The summed E-state index contributed by atoms with van der Waals surface area (Å²) in [6, 6.07) is 5.52. The van der Waals surface area contributed by atoms with Crippen LogP contribution in [0.1, 0.15) is 11.6 Å². The van der Waals surface area contributed by atoms with Gasteiger partial charge in [0.15, 0.2) is 0 Å². The summed E-state index contributed by atoms with van der Waals surface area (Å²) in [5.41, 5.74) is 0.768. The van der Waals surface area contributed by atoms with E-state index in [2.05, 4.69) is 10.6 Å². The van der Waals surface area contributed by atoms with Crippen molar-refractivity contribution in [2.45, 2.75) is 6.04 Å². The normalized spacial score (nSPS) is 20.7. The third-order valence-corrected chi connectivity index (χ3v) is 2.25. The molecule has 1 atom stereocenters. The molecule has 1 saturated heterocycles. The largest absolute Gasteiger partial charge is 0.345 e. The maximum absolute atomic E-state index is 12.6. The molecule has 1 aliphatic rings. The summed E-state index contributed by atoms with van der Waals surface area (Å²) < 4.78 is 12.6. The first-order valence-corrected chi connectivity index (χ1v) is 4.51. The first-order valence-electron chi connectivity index (χ1n) is 4.51. The van der Waals surface area contributed by atoms with E-state index in [4.69, 9.17) is 0 Å². The minimum absolute atomic E-state index is 0.282. The van der Waals surface area contributed by atoms with Gasteiger partial charge in [-0.05, 0) is 17.7 Å². The van der Waals surface area contributed by atoms with Crippen molar-refractivity contribution in [3.05, 3.63) is 35.6 Å². The number of rotatable bonds is 1. The second-order valence-electron chi connectivity index (χ2n) is 3.29. The van der Waals surface area contributed by atoms with Crippen LogP contribution < -0.4 is 10.6 Å². The first kappa shape index (κ1) is 9.64. The van der Waals surface area contributed by atoms with Crippen molar-refractivity contribution in [2.75, 3.05) is 6.54 Å². The molecule has 2 amide bonds. The fourth-order valence-corrected chi connectivity index (χ4v) is 1.45. The second-order valence-corrected chi connectivity index (χ2v) is 3.29. The number of piperazine rings is 1. The van der Waals surface area contributed by atoms with E-state index in [1.807, 2.05) is 0 Å². The molecule has 1 aromatic rings. The maximum Gasteiger partial charge on any atom is 0.309 e. The lowest BCUT2D eigenvalue weighted by Crippen LogP contribution is -2.51. The Labute approximate surface area is 85.5 Å². The van der Waals surface area contributed by atoms with Gasteiger partial charge in [-0.15, -0.1) is 0 Å². The molecule has 0 saturated carbocycles. The van der Waals surface area contributed by atoms with E-state index in [0.29, 0.717) is 6.54 Å². The average Bonchev–Trinajstić information content (AvgIpc) is 2.23. The maximum atomic E-state index is 12.6. The molecule has 0 bridgehead atoms. The Kier molecular flexibility index (Phi) is 2.37. The first-order chi connectivity index (χ1) is 7.16. The molecule has 0 aliphatic carbocycles. The van der Waals surface area contributed by atoms with Crippen LogP contribution in [0.5, 0.6) is 0 Å². The number of hydrogen-bond acceptors (Lipinski definition) is 2. The number of hydrogen-bond donors (Lipinski definition) is 2. The zero-order valence-electron chi connectivity index (χ0n) is 7.79. The molecule has 0 radical (unpaired) electrons. The third-order valence-electron chi connectivity index (χ3n) is 2.25. The standard InChI is InChI=1S/C10H9FN2O2/c11-7-3-1-6(2-4-7)8-5-12-9(14)10(15)13-8/h1-4,8H,5H2,(H,12,14)(H,13,15). The Balaban J connectivity index is 2.15. The van der Waals surface area contributed by atoms with Crippen LogP contribution in [0.15, 0.2) is 24.3 Å². The minimum Gasteiger partial charge on any atom is -0.345 e. The molecule has 1 unspecified atom stereocenters. The highest BCUT2D eigenvalue weighted by molar-refractivity contribution is 6.35. The Hall–Kier alpha value is -1.91. The van der Waals surface area contributed by atoms with Gasteiger partial charge in [0.1, 0.15) is 5.82 Å². The Morgan fingerprint density at radius 3 is 2.40 bits per heavy atom. The SMILES string of the molecule is O=C1NCC(c2ccc(F)cc2)NC1=O. The van der Waals surface area contributed by atoms with Gasteiger partial charge in [-0.3, -0.25) is 9.59 Å². The quantitative estimate of drug-likeness (QED) is 0.644. The number of benzene rings is 1. The van der Waals surface area contributed by atoms with E-state index in [-0.39, 0.29) is 11.9 Å². The molecule has 1 aromatic carbocycles. The lowest BCUT2D eigenvalue weighted by molar-refractivity contribution is -0.141. The van der Waals surface area contributed by atoms with Gasteiger partial charge < -0.3 is 10.6 Å². The van der Waals surface area contributed by atoms with Crippen LogP contribution >= 0.6 is 0 Å². The summed E-state index contributed by atoms with van der Waals surface area (Å²) in [6.45, 7) is 0.330. The zero-order chi connectivity index (χ0) is 10.8. The highest BCUT2D eigenvalue weighted by Crippen LogP contribution is 2.14. The van der Waals surface area contributed by atoms with E-state index in [1.54, 1.807) is 12.1 Å². The summed E-state index contributed by atoms with van der Waals surface area (Å²) in [7, 11) is 0. The van der Waals surface area contributed by atoms with Crippen molar-refractivity contribution in [1.82, 2.24) is 10.6 Å². The molecule has 2 N–H and O–H groups in total. The Morgan fingerprint density at radius 2 is 1.80 bits per heavy atom. The molecular weight excluding hydrogens is 199 g/mol. The smallest absolute Gasteiger partial charge is 0.309 e. The van der Waals surface area contributed by atoms with E-state index in [9.17, 15) is 14.0 Å². The second kappa shape index (κ2) is 3.68. The predicted molar refractivity (Wildman–Crippen MR) is 50.3 cm³/mol. The van der Waals surface area contributed by atoms with Crippen LogP contribution in [0.25, 0.3) is 0 Å². The van der Waals surface area contributed by atoms with Crippen molar-refractivity contribution >= 4 is 11.8 Å². The van der Waals surface area contributed by atoms with Crippen molar-refractivity contribution in [3.8, 4) is 0 Å². The molecule has 1 heterocycles. The summed E-state index contributed by atoms with van der Waals surface area (Å²) >= 11 is 0. The summed E-state index contributed by atoms with van der Waals surface area (Å²) in [6.07, 6.45) is 0. The predicted octanol–water partition coefficient (Wildman–Crippen LogP) is 0.113. The van der Waals surface area contributed by atoms with Crippen LogP contribution in [0.3, 0.4) is 0 Å². The van der Waals surface area contributed by atoms with Gasteiger partial charge in [0.25, 0.3) is 0 Å². The highest BCUT2D eigenvalue weighted by Gasteiger charge is 2.25. The summed E-state index contributed by atoms with van der Waals surface area (Å²) in [5.74, 6) is -1.62. The zero-order valence-corrected chi connectivity index (χ0v) is 7.79. The summed E-state index contributed by atoms with van der Waals surface area (Å²) in [4.78, 5) is 21.9. The van der Waals surface area contributed by atoms with Crippen molar-refractivity contribution < 1.29 is 14.0 Å². The average molecular weight is 208 g/mol. The van der Waals surface area contributed by atoms with Crippen LogP contribution in [-0.2, 0) is 9.59 Å². The van der Waals surface area contributed by atoms with Gasteiger partial charge in [-0.1, -0.05) is 12.1 Å². The van der Waals surface area contributed by atoms with Gasteiger partial charge in [0.2, 0.25) is 0 Å². The monoisotopic (exact) mass is 208 g/mol. The molecular formula is C10H9FN2O2. The number of carbonyl (C=O) groups is 2. The highest BCUT2D eigenvalue weighted by atomic mass is 19.1. The van der Waals surface area contributed by atoms with Crippen molar-refractivity contribution in [1.29, 1.82) is 0 Å². The fraction of sp³-hybridized carbons (Fsp3) is 0.200. The molecule has 0 aromatic heterocycles. The minimum atomic E-state index is -0.657. The van der Waals surface area contributed by atoms with Crippen LogP contribution in [0, 0.1) is 5.82 Å². The van der Waals surface area contributed by atoms with Crippen molar-refractivity contribution in [2.24, 2.45) is 0 Å². The molecule has 1 fully saturated rings. The molecule has 4 nitrogen and oxygen atoms in total. The molecule has 0 spiro atoms. The van der Waals surface area contributed by atoms with Gasteiger partial charge >= 0.3 is 11.8 Å². The molecule has 78 valence electrons. The van der Waals surface area contributed by atoms with E-state index >= 15 is 0 Å². The van der Waals surface area contributed by atoms with Gasteiger partial charge in [-0.25, -0.2) is 4.39 Å². The number of halogens is 1. The fourth-order valence-electron chi connectivity index (χ4n) is 1.45. The summed E-state index contributed by atoms with van der Waals surface area (Å²) in [5, 5.41) is 4.98. The van der Waals surface area contributed by atoms with E-state index in [0.717, 1.165) is 5.56 Å². The van der Waals surface area contributed by atoms with Crippen LogP contribution in [0.2, 0.25) is 0 Å². The molecule has 15 heavy (non-hydrogen) atoms. The lowest BCUT2D eigenvalue weighted by Gasteiger charge is -2.23.